The number of ether oxygens (including phenoxy) is 1. The zero-order valence-electron chi connectivity index (χ0n) is 16.9. The van der Waals surface area contributed by atoms with Gasteiger partial charge in [0.25, 0.3) is 5.91 Å². The minimum absolute atomic E-state index is 0.238. The molecule has 1 aromatic heterocycles. The smallest absolute Gasteiger partial charge is 0.336 e. The second-order valence-corrected chi connectivity index (χ2v) is 7.00. The zero-order valence-corrected chi connectivity index (χ0v) is 16.9. The number of aryl methyl sites for hydroxylation is 1. The maximum absolute atomic E-state index is 13.0. The Kier molecular flexibility index (Phi) is 5.80. The van der Waals surface area contributed by atoms with Crippen molar-refractivity contribution < 1.29 is 18.3 Å². The van der Waals surface area contributed by atoms with E-state index < -0.39 is 5.63 Å². The maximum atomic E-state index is 13.0. The third-order valence-corrected chi connectivity index (χ3v) is 4.88. The summed E-state index contributed by atoms with van der Waals surface area (Å²) in [7, 11) is 0. The lowest BCUT2D eigenvalue weighted by atomic mass is 9.99. The average Bonchev–Trinajstić information content (AvgIpc) is 2.78. The topological polar surface area (TPSA) is 68.5 Å². The Morgan fingerprint density at radius 3 is 2.48 bits per heavy atom. The van der Waals surface area contributed by atoms with Crippen molar-refractivity contribution in [1.29, 1.82) is 0 Å². The highest BCUT2D eigenvalue weighted by atomic mass is 19.1. The van der Waals surface area contributed by atoms with Gasteiger partial charge in [-0.1, -0.05) is 37.3 Å². The molecule has 0 radical (unpaired) electrons. The lowest BCUT2D eigenvalue weighted by Gasteiger charge is -2.13. The number of carbonyl (C=O) groups is 1. The van der Waals surface area contributed by atoms with E-state index in [0.29, 0.717) is 23.4 Å². The van der Waals surface area contributed by atoms with Gasteiger partial charge < -0.3 is 14.5 Å². The SMILES string of the molecule is CCc1cc2c(-c3ccccc3)cc(=O)oc2cc1OCC(=O)Nc1ccc(F)cc1. The van der Waals surface area contributed by atoms with Crippen molar-refractivity contribution >= 4 is 22.6 Å². The molecule has 0 fully saturated rings. The van der Waals surface area contributed by atoms with E-state index in [-0.39, 0.29) is 18.3 Å². The molecular formula is C25H20FNO4. The lowest BCUT2D eigenvalue weighted by molar-refractivity contribution is -0.118. The summed E-state index contributed by atoms with van der Waals surface area (Å²) in [5.41, 5.74) is 2.97. The third-order valence-electron chi connectivity index (χ3n) is 4.88. The summed E-state index contributed by atoms with van der Waals surface area (Å²) in [5.74, 6) is -0.291. The van der Waals surface area contributed by atoms with Crippen LogP contribution in [0.15, 0.2) is 82.0 Å². The van der Waals surface area contributed by atoms with Crippen molar-refractivity contribution in [2.24, 2.45) is 0 Å². The summed E-state index contributed by atoms with van der Waals surface area (Å²) in [4.78, 5) is 24.4. The summed E-state index contributed by atoms with van der Waals surface area (Å²) < 4.78 is 24.1. The van der Waals surface area contributed by atoms with Gasteiger partial charge >= 0.3 is 5.63 Å². The van der Waals surface area contributed by atoms with Crippen LogP contribution in [0.25, 0.3) is 22.1 Å². The lowest BCUT2D eigenvalue weighted by Crippen LogP contribution is -2.20. The molecule has 0 spiro atoms. The number of nitrogens with one attached hydrogen (secondary N) is 1. The maximum Gasteiger partial charge on any atom is 0.336 e. The van der Waals surface area contributed by atoms with Gasteiger partial charge in [-0.25, -0.2) is 9.18 Å². The standard InChI is InChI=1S/C25H20FNO4/c1-2-16-12-21-20(17-6-4-3-5-7-17)13-25(29)31-23(21)14-22(16)30-15-24(28)27-19-10-8-18(26)9-11-19/h3-14H,2,15H2,1H3,(H,27,28). The van der Waals surface area contributed by atoms with Crippen molar-refractivity contribution in [1.82, 2.24) is 0 Å². The molecule has 1 amide bonds. The van der Waals surface area contributed by atoms with E-state index in [2.05, 4.69) is 5.32 Å². The monoisotopic (exact) mass is 417 g/mol. The van der Waals surface area contributed by atoms with Crippen molar-refractivity contribution in [3.8, 4) is 16.9 Å². The largest absolute Gasteiger partial charge is 0.483 e. The fourth-order valence-corrected chi connectivity index (χ4v) is 3.38. The van der Waals surface area contributed by atoms with E-state index in [1.165, 1.54) is 30.3 Å². The van der Waals surface area contributed by atoms with Crippen LogP contribution >= 0.6 is 0 Å². The van der Waals surface area contributed by atoms with Gasteiger partial charge in [-0.15, -0.1) is 0 Å². The van der Waals surface area contributed by atoms with E-state index in [9.17, 15) is 14.0 Å². The van der Waals surface area contributed by atoms with Crippen molar-refractivity contribution in [2.75, 3.05) is 11.9 Å². The number of halogens is 1. The van der Waals surface area contributed by atoms with Crippen molar-refractivity contribution in [3.05, 3.63) is 94.6 Å². The van der Waals surface area contributed by atoms with Gasteiger partial charge in [-0.2, -0.15) is 0 Å². The summed E-state index contributed by atoms with van der Waals surface area (Å²) in [6, 6.07) is 20.1. The molecule has 31 heavy (non-hydrogen) atoms. The third kappa shape index (κ3) is 4.64. The molecule has 0 unspecified atom stereocenters. The molecule has 5 nitrogen and oxygen atoms in total. The van der Waals surface area contributed by atoms with Gasteiger partial charge in [-0.3, -0.25) is 4.79 Å². The van der Waals surface area contributed by atoms with Gasteiger partial charge in [-0.05, 0) is 53.4 Å². The molecule has 6 heteroatoms. The van der Waals surface area contributed by atoms with Crippen LogP contribution in [0.5, 0.6) is 5.75 Å². The Balaban J connectivity index is 1.61. The summed E-state index contributed by atoms with van der Waals surface area (Å²) in [5, 5.41) is 3.45. The number of hydrogen-bond donors (Lipinski definition) is 1. The van der Waals surface area contributed by atoms with Crippen LogP contribution in [-0.2, 0) is 11.2 Å². The molecule has 0 saturated carbocycles. The number of amides is 1. The molecule has 4 rings (SSSR count). The molecule has 0 aliphatic rings. The summed E-state index contributed by atoms with van der Waals surface area (Å²) in [6.07, 6.45) is 0.665. The van der Waals surface area contributed by atoms with Crippen LogP contribution < -0.4 is 15.7 Å². The normalized spacial score (nSPS) is 10.8. The highest BCUT2D eigenvalue weighted by Crippen LogP contribution is 2.32. The van der Waals surface area contributed by atoms with E-state index in [1.54, 1.807) is 6.07 Å². The molecule has 0 bridgehead atoms. The number of anilines is 1. The van der Waals surface area contributed by atoms with E-state index in [0.717, 1.165) is 22.1 Å². The van der Waals surface area contributed by atoms with Gasteiger partial charge in [0.05, 0.1) is 0 Å². The fraction of sp³-hybridized carbons (Fsp3) is 0.120. The van der Waals surface area contributed by atoms with Crippen LogP contribution in [0.1, 0.15) is 12.5 Å². The average molecular weight is 417 g/mol. The predicted octanol–water partition coefficient (Wildman–Crippen LogP) is 5.18. The number of hydrogen-bond acceptors (Lipinski definition) is 4. The predicted molar refractivity (Wildman–Crippen MR) is 118 cm³/mol. The zero-order chi connectivity index (χ0) is 21.8. The highest BCUT2D eigenvalue weighted by Gasteiger charge is 2.14. The van der Waals surface area contributed by atoms with E-state index in [4.69, 9.17) is 9.15 Å². The molecule has 1 heterocycles. The molecule has 0 aliphatic heterocycles. The second kappa shape index (κ2) is 8.83. The van der Waals surface area contributed by atoms with Gasteiger partial charge in [0.2, 0.25) is 0 Å². The molecule has 1 N–H and O–H groups in total. The first-order valence-corrected chi connectivity index (χ1v) is 9.88. The molecule has 3 aromatic carbocycles. The molecule has 0 atom stereocenters. The first kappa shape index (κ1) is 20.3. The molecule has 0 saturated heterocycles. The Morgan fingerprint density at radius 2 is 1.77 bits per heavy atom. The van der Waals surface area contributed by atoms with Crippen LogP contribution in [-0.4, -0.2) is 12.5 Å². The van der Waals surface area contributed by atoms with Crippen molar-refractivity contribution in [3.63, 3.8) is 0 Å². The van der Waals surface area contributed by atoms with Crippen LogP contribution in [0.4, 0.5) is 10.1 Å². The molecule has 4 aromatic rings. The first-order valence-electron chi connectivity index (χ1n) is 9.88. The first-order chi connectivity index (χ1) is 15.0. The van der Waals surface area contributed by atoms with Gasteiger partial charge in [0, 0.05) is 23.2 Å². The van der Waals surface area contributed by atoms with E-state index >= 15 is 0 Å². The Hall–Kier alpha value is -3.93. The van der Waals surface area contributed by atoms with Crippen LogP contribution in [0, 0.1) is 5.82 Å². The summed E-state index contributed by atoms with van der Waals surface area (Å²) in [6.45, 7) is 1.74. The molecule has 156 valence electrons. The second-order valence-electron chi connectivity index (χ2n) is 7.00. The quantitative estimate of drug-likeness (QED) is 0.439. The Bertz CT molecular complexity index is 1280. The highest BCUT2D eigenvalue weighted by molar-refractivity contribution is 5.95. The van der Waals surface area contributed by atoms with E-state index in [1.807, 2.05) is 43.3 Å². The Morgan fingerprint density at radius 1 is 1.03 bits per heavy atom. The minimum Gasteiger partial charge on any atom is -0.483 e. The fourth-order valence-electron chi connectivity index (χ4n) is 3.38. The van der Waals surface area contributed by atoms with Gasteiger partial charge in [0.15, 0.2) is 6.61 Å². The van der Waals surface area contributed by atoms with Crippen molar-refractivity contribution in [2.45, 2.75) is 13.3 Å². The minimum atomic E-state index is -0.462. The van der Waals surface area contributed by atoms with Crippen LogP contribution in [0.3, 0.4) is 0 Å². The molecular weight excluding hydrogens is 397 g/mol. The number of rotatable bonds is 6. The summed E-state index contributed by atoms with van der Waals surface area (Å²) >= 11 is 0. The number of fused-ring (bicyclic) bond motifs is 1. The number of carbonyl (C=O) groups excluding carboxylic acids is 1. The molecule has 0 aliphatic carbocycles. The van der Waals surface area contributed by atoms with Crippen LogP contribution in [0.2, 0.25) is 0 Å². The Labute approximate surface area is 178 Å². The van der Waals surface area contributed by atoms with Gasteiger partial charge in [0.1, 0.15) is 17.1 Å². The number of benzene rings is 3.